The maximum Gasteiger partial charge on any atom is 0.161 e. The zero-order valence-corrected chi connectivity index (χ0v) is 34.6. The van der Waals surface area contributed by atoms with Crippen LogP contribution in [0.4, 0.5) is 0 Å². The Bertz CT molecular complexity index is 1550. The molecular formula is C40H56N4O10S2. The Labute approximate surface area is 339 Å². The molecule has 0 amide bonds. The zero-order valence-electron chi connectivity index (χ0n) is 32.9. The van der Waals surface area contributed by atoms with Gasteiger partial charge in [-0.1, -0.05) is 36.4 Å². The number of rotatable bonds is 26. The van der Waals surface area contributed by atoms with Crippen LogP contribution >= 0.6 is 24.1 Å². The van der Waals surface area contributed by atoms with E-state index < -0.39 is 0 Å². The van der Waals surface area contributed by atoms with Crippen LogP contribution in [0.1, 0.15) is 38.8 Å². The Balaban J connectivity index is 0.000000300. The van der Waals surface area contributed by atoms with Crippen molar-refractivity contribution in [3.05, 3.63) is 96.1 Å². The molecule has 56 heavy (non-hydrogen) atoms. The molecule has 4 aromatic carbocycles. The Morgan fingerprint density at radius 3 is 1.25 bits per heavy atom. The molecule has 0 aromatic heterocycles. The van der Waals surface area contributed by atoms with Crippen molar-refractivity contribution in [1.82, 2.24) is 10.6 Å². The highest BCUT2D eigenvalue weighted by atomic mass is 32.2. The van der Waals surface area contributed by atoms with Crippen LogP contribution in [0, 0.1) is 0 Å². The molecule has 0 aliphatic carbocycles. The minimum atomic E-state index is 0.267. The van der Waals surface area contributed by atoms with E-state index >= 15 is 0 Å². The summed E-state index contributed by atoms with van der Waals surface area (Å²) in [5.41, 5.74) is 2.29. The molecule has 0 spiro atoms. The molecule has 0 fully saturated rings. The third-order valence-corrected chi connectivity index (χ3v) is 9.16. The van der Waals surface area contributed by atoms with Crippen molar-refractivity contribution in [3.63, 3.8) is 0 Å². The van der Waals surface area contributed by atoms with Crippen molar-refractivity contribution in [3.8, 4) is 34.5 Å². The van der Waals surface area contributed by atoms with Crippen LogP contribution in [-0.4, -0.2) is 65.8 Å². The average Bonchev–Trinajstić information content (AvgIpc) is 3.21. The van der Waals surface area contributed by atoms with Gasteiger partial charge in [0.2, 0.25) is 0 Å². The molecule has 0 heterocycles. The lowest BCUT2D eigenvalue weighted by molar-refractivity contribution is -0.195. The first-order valence-electron chi connectivity index (χ1n) is 18.3. The van der Waals surface area contributed by atoms with Gasteiger partial charge in [-0.25, -0.2) is 0 Å². The Morgan fingerprint density at radius 2 is 0.911 bits per heavy atom. The molecule has 16 heteroatoms. The van der Waals surface area contributed by atoms with Crippen molar-refractivity contribution < 1.29 is 47.1 Å². The predicted molar refractivity (Wildman–Crippen MR) is 219 cm³/mol. The predicted octanol–water partition coefficient (Wildman–Crippen LogP) is 7.05. The zero-order chi connectivity index (χ0) is 40.4. The monoisotopic (exact) mass is 816 g/mol. The summed E-state index contributed by atoms with van der Waals surface area (Å²) in [5, 5.41) is 6.93. The maximum absolute atomic E-state index is 5.83. The van der Waals surface area contributed by atoms with E-state index in [0.29, 0.717) is 37.9 Å². The van der Waals surface area contributed by atoms with Crippen LogP contribution in [0.3, 0.4) is 0 Å². The van der Waals surface area contributed by atoms with E-state index in [-0.39, 0.29) is 12.1 Å². The molecule has 0 aliphatic heterocycles. The number of nitrogens with one attached hydrogen (secondary N) is 2. The Kier molecular flexibility index (Phi) is 22.9. The standard InChI is InChI=1S/2C20H28N2O5S/c2*1-4-24-17-7-5-6-8-18(17)25-12-11-22-15(2)13-16-9-10-19(23-3)20(14-16)28-27-26-21/h2*5-10,14-15,22H,4,11-13,21H2,1-3H3/t2*15-/m10/s1. The van der Waals surface area contributed by atoms with E-state index in [1.54, 1.807) is 14.2 Å². The molecule has 2 atom stereocenters. The molecule has 4 aromatic rings. The van der Waals surface area contributed by atoms with Crippen LogP contribution < -0.4 is 50.8 Å². The SMILES string of the molecule is CCOc1ccccc1OCCN[C@@H](C)Cc1ccc(OC)c(SOON)c1.CCOc1ccccc1OCCN[C@H](C)Cc1ccc(OC)c(SOON)c1. The third kappa shape index (κ3) is 17.1. The quantitative estimate of drug-likeness (QED) is 0.0220. The molecule has 0 aliphatic rings. The fourth-order valence-electron chi connectivity index (χ4n) is 5.41. The molecule has 308 valence electrons. The number of para-hydroxylation sites is 4. The fraction of sp³-hybridized carbons (Fsp3) is 0.400. The molecule has 14 nitrogen and oxygen atoms in total. The summed E-state index contributed by atoms with van der Waals surface area (Å²) in [5.74, 6) is 14.3. The topological polar surface area (TPSA) is 168 Å². The van der Waals surface area contributed by atoms with Gasteiger partial charge >= 0.3 is 0 Å². The molecule has 0 unspecified atom stereocenters. The van der Waals surface area contributed by atoms with Gasteiger partial charge in [0.1, 0.15) is 24.7 Å². The van der Waals surface area contributed by atoms with Crippen LogP contribution in [-0.2, 0) is 31.5 Å². The van der Waals surface area contributed by atoms with Crippen molar-refractivity contribution in [2.75, 3.05) is 53.7 Å². The first-order valence-corrected chi connectivity index (χ1v) is 19.7. The van der Waals surface area contributed by atoms with Crippen LogP contribution in [0.5, 0.6) is 34.5 Å². The van der Waals surface area contributed by atoms with Gasteiger partial charge in [0, 0.05) is 25.2 Å². The second-order valence-corrected chi connectivity index (χ2v) is 13.5. The van der Waals surface area contributed by atoms with E-state index in [2.05, 4.69) is 34.5 Å². The number of ether oxygens (including phenoxy) is 6. The number of methoxy groups -OCH3 is 2. The summed E-state index contributed by atoms with van der Waals surface area (Å²) in [6, 6.07) is 27.8. The van der Waals surface area contributed by atoms with Gasteiger partial charge in [-0.05, 0) is 100 Å². The fourth-order valence-corrected chi connectivity index (χ4v) is 6.50. The third-order valence-electron chi connectivity index (χ3n) is 7.87. The van der Waals surface area contributed by atoms with E-state index in [9.17, 15) is 0 Å². The first-order chi connectivity index (χ1) is 27.3. The molecule has 6 N–H and O–H groups in total. The minimum absolute atomic E-state index is 0.267. The van der Waals surface area contributed by atoms with Gasteiger partial charge in [-0.3, -0.25) is 0 Å². The van der Waals surface area contributed by atoms with E-state index in [1.807, 2.05) is 98.8 Å². The Hall–Kier alpha value is -3.94. The largest absolute Gasteiger partial charge is 0.495 e. The molecule has 0 saturated heterocycles. The highest BCUT2D eigenvalue weighted by Crippen LogP contribution is 2.32. The van der Waals surface area contributed by atoms with Gasteiger partial charge in [0.25, 0.3) is 0 Å². The molecule has 0 saturated carbocycles. The van der Waals surface area contributed by atoms with Crippen LogP contribution in [0.2, 0.25) is 0 Å². The van der Waals surface area contributed by atoms with Crippen molar-refractivity contribution in [1.29, 1.82) is 0 Å². The second kappa shape index (κ2) is 27.6. The summed E-state index contributed by atoms with van der Waals surface area (Å²) in [6.45, 7) is 12.0. The molecule has 0 radical (unpaired) electrons. The first kappa shape index (κ1) is 46.4. The van der Waals surface area contributed by atoms with Gasteiger partial charge < -0.3 is 39.1 Å². The minimum Gasteiger partial charge on any atom is -0.495 e. The molecular weight excluding hydrogens is 761 g/mol. The lowest BCUT2D eigenvalue weighted by Gasteiger charge is -2.16. The van der Waals surface area contributed by atoms with Gasteiger partial charge in [0.15, 0.2) is 23.0 Å². The van der Waals surface area contributed by atoms with Gasteiger partial charge in [-0.15, -0.1) is 18.6 Å². The second-order valence-electron chi connectivity index (χ2n) is 12.0. The summed E-state index contributed by atoms with van der Waals surface area (Å²) >= 11 is 2.03. The number of hydrogen-bond acceptors (Lipinski definition) is 16. The summed E-state index contributed by atoms with van der Waals surface area (Å²) < 4.78 is 42.9. The number of nitrogens with two attached hydrogens (primary N) is 2. The smallest absolute Gasteiger partial charge is 0.161 e. The van der Waals surface area contributed by atoms with E-state index in [0.717, 1.165) is 93.9 Å². The van der Waals surface area contributed by atoms with E-state index in [4.69, 9.17) is 48.9 Å². The van der Waals surface area contributed by atoms with Crippen LogP contribution in [0.15, 0.2) is 94.7 Å². The van der Waals surface area contributed by atoms with Crippen molar-refractivity contribution >= 4 is 24.1 Å². The maximum atomic E-state index is 5.83. The normalized spacial score (nSPS) is 11.9. The summed E-state index contributed by atoms with van der Waals surface area (Å²) in [7, 11) is 3.21. The van der Waals surface area contributed by atoms with Crippen LogP contribution in [0.25, 0.3) is 0 Å². The summed E-state index contributed by atoms with van der Waals surface area (Å²) in [4.78, 5) is 9.93. The lowest BCUT2D eigenvalue weighted by Crippen LogP contribution is -2.31. The Morgan fingerprint density at radius 1 is 0.536 bits per heavy atom. The molecule has 4 rings (SSSR count). The lowest BCUT2D eigenvalue weighted by atomic mass is 10.1. The summed E-state index contributed by atoms with van der Waals surface area (Å²) in [6.07, 6.45) is 1.69. The van der Waals surface area contributed by atoms with Crippen molar-refractivity contribution in [2.45, 2.75) is 62.4 Å². The number of hydrogen-bond donors (Lipinski definition) is 4. The number of benzene rings is 4. The highest BCUT2D eigenvalue weighted by Gasteiger charge is 2.12. The van der Waals surface area contributed by atoms with E-state index in [1.165, 1.54) is 0 Å². The molecule has 0 bridgehead atoms. The average molecular weight is 817 g/mol. The van der Waals surface area contributed by atoms with Gasteiger partial charge in [0.05, 0.1) is 61.3 Å². The highest BCUT2D eigenvalue weighted by molar-refractivity contribution is 7.94. The van der Waals surface area contributed by atoms with Crippen molar-refractivity contribution in [2.24, 2.45) is 11.8 Å². The van der Waals surface area contributed by atoms with Gasteiger partial charge in [-0.2, -0.15) is 11.8 Å².